The molecule has 1 nitrogen and oxygen atoms in total. The van der Waals surface area contributed by atoms with Gasteiger partial charge in [-0.25, -0.2) is 5.11 Å². The zero-order valence-electron chi connectivity index (χ0n) is 8.58. The minimum atomic E-state index is -0.573. The van der Waals surface area contributed by atoms with E-state index < -0.39 is 6.10 Å². The van der Waals surface area contributed by atoms with E-state index in [1.54, 1.807) is 0 Å². The van der Waals surface area contributed by atoms with E-state index in [-0.39, 0.29) is 5.92 Å². The second-order valence-electron chi connectivity index (χ2n) is 3.72. The molecule has 1 aromatic carbocycles. The van der Waals surface area contributed by atoms with Crippen LogP contribution in [0.25, 0.3) is 0 Å². The third kappa shape index (κ3) is 2.31. The predicted molar refractivity (Wildman–Crippen MR) is 54.1 cm³/mol. The van der Waals surface area contributed by atoms with Gasteiger partial charge in [-0.1, -0.05) is 45.0 Å². The highest BCUT2D eigenvalue weighted by Crippen LogP contribution is 2.25. The van der Waals surface area contributed by atoms with Gasteiger partial charge in [-0.2, -0.15) is 0 Å². The second kappa shape index (κ2) is 4.43. The van der Waals surface area contributed by atoms with Gasteiger partial charge in [0.15, 0.2) is 0 Å². The van der Waals surface area contributed by atoms with Crippen LogP contribution >= 0.6 is 0 Å². The Hall–Kier alpha value is -0.820. The highest BCUT2D eigenvalue weighted by atomic mass is 16.3. The molecule has 0 N–H and O–H groups in total. The number of hydrogen-bond acceptors (Lipinski definition) is 0. The molecule has 0 aliphatic carbocycles. The van der Waals surface area contributed by atoms with Gasteiger partial charge in [0.25, 0.3) is 0 Å². The number of benzene rings is 1. The number of rotatable bonds is 3. The standard InChI is InChI=1S/C12H17O/c1-4-10-7-5-6-8-11(10)12(13)9(2)3/h5-9,12H,4H2,1-3H3. The van der Waals surface area contributed by atoms with Crippen LogP contribution in [0.2, 0.25) is 0 Å². The SMILES string of the molecule is CCc1ccccc1C([O])C(C)C. The molecule has 0 amide bonds. The van der Waals surface area contributed by atoms with Gasteiger partial charge in [-0.15, -0.1) is 0 Å². The molecule has 1 heteroatoms. The Morgan fingerprint density at radius 3 is 2.38 bits per heavy atom. The fourth-order valence-corrected chi connectivity index (χ4v) is 1.49. The van der Waals surface area contributed by atoms with E-state index in [9.17, 15) is 5.11 Å². The van der Waals surface area contributed by atoms with Crippen LogP contribution in [0, 0.1) is 5.92 Å². The summed E-state index contributed by atoms with van der Waals surface area (Å²) in [5.74, 6) is 0.174. The summed E-state index contributed by atoms with van der Waals surface area (Å²) in [7, 11) is 0. The van der Waals surface area contributed by atoms with Gasteiger partial charge < -0.3 is 0 Å². The van der Waals surface area contributed by atoms with E-state index in [4.69, 9.17) is 0 Å². The number of hydrogen-bond donors (Lipinski definition) is 0. The molecule has 0 fully saturated rings. The minimum Gasteiger partial charge on any atom is -0.228 e. The molecule has 0 bridgehead atoms. The molecule has 1 unspecified atom stereocenters. The van der Waals surface area contributed by atoms with Crippen molar-refractivity contribution >= 4 is 0 Å². The molecule has 1 aromatic rings. The van der Waals surface area contributed by atoms with Gasteiger partial charge in [0.2, 0.25) is 0 Å². The summed E-state index contributed by atoms with van der Waals surface area (Å²) in [4.78, 5) is 0. The van der Waals surface area contributed by atoms with Crippen LogP contribution < -0.4 is 0 Å². The molecule has 0 aliphatic rings. The van der Waals surface area contributed by atoms with Crippen LogP contribution in [0.5, 0.6) is 0 Å². The predicted octanol–water partition coefficient (Wildman–Crippen LogP) is 3.38. The maximum Gasteiger partial charge on any atom is 0.120 e. The first-order valence-corrected chi connectivity index (χ1v) is 4.90. The minimum absolute atomic E-state index is 0.174. The van der Waals surface area contributed by atoms with E-state index in [0.29, 0.717) is 0 Å². The van der Waals surface area contributed by atoms with Crippen molar-refractivity contribution in [2.75, 3.05) is 0 Å². The molecule has 1 atom stereocenters. The van der Waals surface area contributed by atoms with Crippen LogP contribution in [0.15, 0.2) is 24.3 Å². The van der Waals surface area contributed by atoms with E-state index >= 15 is 0 Å². The zero-order chi connectivity index (χ0) is 9.84. The van der Waals surface area contributed by atoms with Crippen LogP contribution in [-0.4, -0.2) is 0 Å². The zero-order valence-corrected chi connectivity index (χ0v) is 8.58. The Balaban J connectivity index is 2.98. The molecule has 1 radical (unpaired) electrons. The molecule has 13 heavy (non-hydrogen) atoms. The molecule has 0 saturated carbocycles. The van der Waals surface area contributed by atoms with Crippen LogP contribution in [-0.2, 0) is 11.5 Å². The fourth-order valence-electron chi connectivity index (χ4n) is 1.49. The normalized spacial score (nSPS) is 13.3. The van der Waals surface area contributed by atoms with Crippen molar-refractivity contribution < 1.29 is 5.11 Å². The van der Waals surface area contributed by atoms with E-state index in [1.807, 2.05) is 38.1 Å². The van der Waals surface area contributed by atoms with Gasteiger partial charge in [0.1, 0.15) is 6.10 Å². The Kier molecular flexibility index (Phi) is 3.49. The quantitative estimate of drug-likeness (QED) is 0.674. The second-order valence-corrected chi connectivity index (χ2v) is 3.72. The van der Waals surface area contributed by atoms with Gasteiger partial charge in [-0.3, -0.25) is 0 Å². The summed E-state index contributed by atoms with van der Waals surface area (Å²) >= 11 is 0. The van der Waals surface area contributed by atoms with E-state index in [0.717, 1.165) is 12.0 Å². The lowest BCUT2D eigenvalue weighted by molar-refractivity contribution is 0.0481. The largest absolute Gasteiger partial charge is 0.228 e. The van der Waals surface area contributed by atoms with Gasteiger partial charge in [0, 0.05) is 0 Å². The van der Waals surface area contributed by atoms with Crippen molar-refractivity contribution in [1.82, 2.24) is 0 Å². The van der Waals surface area contributed by atoms with Crippen LogP contribution in [0.1, 0.15) is 38.0 Å². The highest BCUT2D eigenvalue weighted by molar-refractivity contribution is 5.29. The summed E-state index contributed by atoms with van der Waals surface area (Å²) in [6, 6.07) is 7.94. The summed E-state index contributed by atoms with van der Waals surface area (Å²) < 4.78 is 0. The Morgan fingerprint density at radius 1 is 1.23 bits per heavy atom. The first-order chi connectivity index (χ1) is 6.16. The summed E-state index contributed by atoms with van der Waals surface area (Å²) in [5, 5.41) is 11.8. The monoisotopic (exact) mass is 177 g/mol. The topological polar surface area (TPSA) is 19.9 Å². The van der Waals surface area contributed by atoms with Crippen molar-refractivity contribution in [3.63, 3.8) is 0 Å². The van der Waals surface area contributed by atoms with Crippen molar-refractivity contribution in [1.29, 1.82) is 0 Å². The molecule has 0 saturated heterocycles. The molecule has 0 aliphatic heterocycles. The van der Waals surface area contributed by atoms with E-state index in [1.165, 1.54) is 5.56 Å². The Morgan fingerprint density at radius 2 is 1.85 bits per heavy atom. The third-order valence-corrected chi connectivity index (χ3v) is 2.35. The van der Waals surface area contributed by atoms with Crippen molar-refractivity contribution in [3.05, 3.63) is 35.4 Å². The average Bonchev–Trinajstić information content (AvgIpc) is 2.16. The lowest BCUT2D eigenvalue weighted by Gasteiger charge is -2.15. The van der Waals surface area contributed by atoms with E-state index in [2.05, 4.69) is 6.92 Å². The summed E-state index contributed by atoms with van der Waals surface area (Å²) in [5.41, 5.74) is 2.16. The van der Waals surface area contributed by atoms with Crippen molar-refractivity contribution in [2.45, 2.75) is 33.3 Å². The summed E-state index contributed by atoms with van der Waals surface area (Å²) in [6.45, 7) is 6.04. The van der Waals surface area contributed by atoms with Crippen molar-refractivity contribution in [2.24, 2.45) is 5.92 Å². The highest BCUT2D eigenvalue weighted by Gasteiger charge is 2.15. The maximum atomic E-state index is 11.8. The number of aryl methyl sites for hydroxylation is 1. The lowest BCUT2D eigenvalue weighted by atomic mass is 9.94. The molecular formula is C12H17O. The molecule has 71 valence electrons. The molecule has 0 spiro atoms. The molecule has 0 aromatic heterocycles. The Labute approximate surface area is 80.4 Å². The van der Waals surface area contributed by atoms with Crippen LogP contribution in [0.3, 0.4) is 0 Å². The average molecular weight is 177 g/mol. The Bertz CT molecular complexity index is 266. The third-order valence-electron chi connectivity index (χ3n) is 2.35. The van der Waals surface area contributed by atoms with Gasteiger partial charge in [-0.05, 0) is 23.5 Å². The van der Waals surface area contributed by atoms with Gasteiger partial charge >= 0.3 is 0 Å². The maximum absolute atomic E-state index is 11.8. The first-order valence-electron chi connectivity index (χ1n) is 4.90. The van der Waals surface area contributed by atoms with Crippen molar-refractivity contribution in [3.8, 4) is 0 Å². The van der Waals surface area contributed by atoms with Gasteiger partial charge in [0.05, 0.1) is 0 Å². The molecule has 0 heterocycles. The molecule has 1 rings (SSSR count). The van der Waals surface area contributed by atoms with Crippen LogP contribution in [0.4, 0.5) is 0 Å². The smallest absolute Gasteiger partial charge is 0.120 e. The first kappa shape index (κ1) is 10.3. The summed E-state index contributed by atoms with van der Waals surface area (Å²) in [6.07, 6.45) is 0.373. The molecular weight excluding hydrogens is 160 g/mol. The lowest BCUT2D eigenvalue weighted by Crippen LogP contribution is -2.06. The fraction of sp³-hybridized carbons (Fsp3) is 0.500.